The Morgan fingerprint density at radius 2 is 1.69 bits per heavy atom. The first-order valence-corrected chi connectivity index (χ1v) is 18.8. The predicted octanol–water partition coefficient (Wildman–Crippen LogP) is 8.57. The first-order chi connectivity index (χ1) is 26.5. The molecule has 15 heteroatoms. The van der Waals surface area contributed by atoms with Gasteiger partial charge in [-0.05, 0) is 92.1 Å². The molecule has 2 bridgehead atoms. The van der Waals surface area contributed by atoms with E-state index in [9.17, 15) is 28.6 Å². The summed E-state index contributed by atoms with van der Waals surface area (Å²) in [4.78, 5) is 35.3. The molecule has 0 radical (unpaired) electrons. The van der Waals surface area contributed by atoms with Crippen LogP contribution in [0.1, 0.15) is 58.8 Å². The Kier molecular flexibility index (Phi) is 11.8. The van der Waals surface area contributed by atoms with Gasteiger partial charge in [0.2, 0.25) is 0 Å². The van der Waals surface area contributed by atoms with Crippen molar-refractivity contribution in [2.75, 3.05) is 31.1 Å². The maximum Gasteiger partial charge on any atom is 0.415 e. The summed E-state index contributed by atoms with van der Waals surface area (Å²) in [5.74, 6) is -1.20. The van der Waals surface area contributed by atoms with E-state index in [1.165, 1.54) is 53.7 Å². The van der Waals surface area contributed by atoms with Crippen molar-refractivity contribution >= 4 is 41.0 Å². The second-order valence-corrected chi connectivity index (χ2v) is 14.8. The number of benzene rings is 3. The summed E-state index contributed by atoms with van der Waals surface area (Å²) in [5, 5.41) is 22.7. The molecule has 4 aliphatic rings. The molecule has 8 rings (SSSR count). The predicted molar refractivity (Wildman–Crippen MR) is 199 cm³/mol. The molecule has 3 aliphatic heterocycles. The number of ether oxygens (including phenoxy) is 4. The molecule has 4 heterocycles. The van der Waals surface area contributed by atoms with Crippen molar-refractivity contribution in [3.63, 3.8) is 0 Å². The van der Waals surface area contributed by atoms with Gasteiger partial charge in [0.05, 0.1) is 28.9 Å². The van der Waals surface area contributed by atoms with Crippen LogP contribution in [0.2, 0.25) is 10.0 Å². The van der Waals surface area contributed by atoms with Gasteiger partial charge in [0, 0.05) is 30.9 Å². The summed E-state index contributed by atoms with van der Waals surface area (Å²) in [6, 6.07) is 14.9. The molecule has 3 saturated heterocycles. The molecule has 290 valence electrons. The van der Waals surface area contributed by atoms with Gasteiger partial charge in [0.15, 0.2) is 11.5 Å². The van der Waals surface area contributed by atoms with E-state index < -0.39 is 30.5 Å². The van der Waals surface area contributed by atoms with E-state index in [0.717, 1.165) is 38.8 Å². The molecule has 0 spiro atoms. The minimum Gasteiger partial charge on any atom is -0.507 e. The SMILES string of the molecule is O=C(O[C@@H](Cc1c(Cl)cncc1Cl)c1ccc(OC(F)F)c(OCC2CC2)c1)c1cccc(CN(C(=O)O[C@H]2CN3CCC2CC3)c2ccccc2O)c1O. The second kappa shape index (κ2) is 16.9. The largest absolute Gasteiger partial charge is 0.507 e. The third kappa shape index (κ3) is 9.17. The summed E-state index contributed by atoms with van der Waals surface area (Å²) < 4.78 is 49.2. The van der Waals surface area contributed by atoms with Gasteiger partial charge in [-0.1, -0.05) is 53.5 Å². The Hall–Kier alpha value is -4.85. The molecule has 0 unspecified atom stereocenters. The van der Waals surface area contributed by atoms with Gasteiger partial charge in [0.25, 0.3) is 0 Å². The molecule has 55 heavy (non-hydrogen) atoms. The fraction of sp³-hybridized carbons (Fsp3) is 0.375. The molecule has 1 amide bonds. The number of phenols is 2. The maximum atomic E-state index is 14.0. The molecule has 11 nitrogen and oxygen atoms in total. The first-order valence-electron chi connectivity index (χ1n) is 18.0. The van der Waals surface area contributed by atoms with Crippen molar-refractivity contribution in [3.05, 3.63) is 105 Å². The molecule has 2 N–H and O–H groups in total. The van der Waals surface area contributed by atoms with Crippen molar-refractivity contribution in [1.29, 1.82) is 0 Å². The number of halogens is 4. The number of hydrogen-bond donors (Lipinski definition) is 2. The molecule has 4 aromatic rings. The van der Waals surface area contributed by atoms with Gasteiger partial charge in [-0.25, -0.2) is 9.59 Å². The summed E-state index contributed by atoms with van der Waals surface area (Å²) in [6.07, 6.45) is 4.31. The number of esters is 1. The lowest BCUT2D eigenvalue weighted by Gasteiger charge is -2.44. The van der Waals surface area contributed by atoms with Gasteiger partial charge in [-0.3, -0.25) is 14.8 Å². The molecular weight excluding hydrogens is 759 g/mol. The van der Waals surface area contributed by atoms with E-state index >= 15 is 0 Å². The van der Waals surface area contributed by atoms with Crippen LogP contribution >= 0.6 is 23.2 Å². The average molecular weight is 799 g/mol. The van der Waals surface area contributed by atoms with Crippen LogP contribution in [0.25, 0.3) is 0 Å². The number of amides is 1. The van der Waals surface area contributed by atoms with Crippen LogP contribution < -0.4 is 14.4 Å². The van der Waals surface area contributed by atoms with Gasteiger partial charge in [0.1, 0.15) is 29.3 Å². The number of alkyl halides is 2. The van der Waals surface area contributed by atoms with E-state index in [0.29, 0.717) is 30.2 Å². The van der Waals surface area contributed by atoms with Crippen molar-refractivity contribution < 1.29 is 47.5 Å². The van der Waals surface area contributed by atoms with Gasteiger partial charge < -0.3 is 29.2 Å². The summed E-state index contributed by atoms with van der Waals surface area (Å²) in [5.41, 5.74) is 0.861. The zero-order chi connectivity index (χ0) is 38.6. The topological polar surface area (TPSA) is 131 Å². The standard InChI is InChI=1S/C40H39Cl2F2N3O8/c41-29-18-45-19-30(42)28(29)17-34(25-10-11-33(54-39(43)44)35(16-25)52-22-23-8-9-23)53-38(50)27-5-3-4-26(37(27)49)20-47(31-6-1-2-7-32(31)48)40(51)55-36-21-46-14-12-24(36)13-15-46/h1-7,10-11,16,18-19,23-24,34,36,39,48-49H,8-9,12-15,17,20-22H2/t34-,36-/m0/s1. The van der Waals surface area contributed by atoms with Crippen molar-refractivity contribution in [2.24, 2.45) is 11.8 Å². The van der Waals surface area contributed by atoms with Crippen LogP contribution in [0, 0.1) is 11.8 Å². The van der Waals surface area contributed by atoms with Crippen LogP contribution in [0.5, 0.6) is 23.0 Å². The van der Waals surface area contributed by atoms with Gasteiger partial charge in [-0.15, -0.1) is 0 Å². The minimum absolute atomic E-state index is 0.0388. The van der Waals surface area contributed by atoms with E-state index in [1.807, 2.05) is 0 Å². The van der Waals surface area contributed by atoms with Crippen molar-refractivity contribution in [3.8, 4) is 23.0 Å². The lowest BCUT2D eigenvalue weighted by Crippen LogP contribution is -2.53. The van der Waals surface area contributed by atoms with E-state index in [4.69, 9.17) is 42.1 Å². The molecule has 1 aliphatic carbocycles. The van der Waals surface area contributed by atoms with Crippen molar-refractivity contribution in [2.45, 2.75) is 57.5 Å². The number of phenolic OH excluding ortho intramolecular Hbond substituents is 2. The Labute approximate surface area is 326 Å². The summed E-state index contributed by atoms with van der Waals surface area (Å²) >= 11 is 12.9. The number of nitrogens with zero attached hydrogens (tertiary/aromatic N) is 3. The number of aromatic nitrogens is 1. The minimum atomic E-state index is -3.10. The quantitative estimate of drug-likeness (QED) is 0.120. The highest BCUT2D eigenvalue weighted by Gasteiger charge is 2.38. The Balaban J connectivity index is 1.17. The van der Waals surface area contributed by atoms with Crippen molar-refractivity contribution in [1.82, 2.24) is 9.88 Å². The maximum absolute atomic E-state index is 14.0. The number of pyridine rings is 1. The van der Waals surface area contributed by atoms with E-state index in [2.05, 4.69) is 9.88 Å². The number of piperidine rings is 3. The second-order valence-electron chi connectivity index (χ2n) is 14.0. The molecule has 1 aromatic heterocycles. The highest BCUT2D eigenvalue weighted by Crippen LogP contribution is 2.39. The highest BCUT2D eigenvalue weighted by atomic mass is 35.5. The zero-order valence-electron chi connectivity index (χ0n) is 29.6. The number of rotatable bonds is 14. The van der Waals surface area contributed by atoms with Crippen LogP contribution in [0.15, 0.2) is 73.1 Å². The lowest BCUT2D eigenvalue weighted by atomic mass is 9.86. The number of hydrogen-bond acceptors (Lipinski definition) is 10. The van der Waals surface area contributed by atoms with Gasteiger partial charge in [-0.2, -0.15) is 8.78 Å². The molecule has 2 atom stereocenters. The fourth-order valence-corrected chi connectivity index (χ4v) is 7.51. The number of aromatic hydroxyl groups is 2. The average Bonchev–Trinajstić information content (AvgIpc) is 4.00. The van der Waals surface area contributed by atoms with Crippen LogP contribution in [-0.2, 0) is 22.4 Å². The fourth-order valence-electron chi connectivity index (χ4n) is 6.99. The van der Waals surface area contributed by atoms with Crippen LogP contribution in [0.4, 0.5) is 19.3 Å². The molecule has 3 aromatic carbocycles. The Morgan fingerprint density at radius 3 is 2.36 bits per heavy atom. The third-order valence-corrected chi connectivity index (χ3v) is 10.9. The smallest absolute Gasteiger partial charge is 0.415 e. The number of anilines is 1. The van der Waals surface area contributed by atoms with E-state index in [1.54, 1.807) is 24.3 Å². The summed E-state index contributed by atoms with van der Waals surface area (Å²) in [7, 11) is 0. The normalized spacial score (nSPS) is 19.5. The number of para-hydroxylation sites is 3. The highest BCUT2D eigenvalue weighted by molar-refractivity contribution is 6.35. The van der Waals surface area contributed by atoms with Crippen LogP contribution in [-0.4, -0.2) is 71.1 Å². The number of fused-ring (bicyclic) bond motifs is 3. The Bertz CT molecular complexity index is 2010. The van der Waals surface area contributed by atoms with Gasteiger partial charge >= 0.3 is 18.7 Å². The Morgan fingerprint density at radius 1 is 0.945 bits per heavy atom. The molecular formula is C40H39Cl2F2N3O8. The molecule has 4 fully saturated rings. The van der Waals surface area contributed by atoms with Crippen LogP contribution in [0.3, 0.4) is 0 Å². The zero-order valence-corrected chi connectivity index (χ0v) is 31.1. The lowest BCUT2D eigenvalue weighted by molar-refractivity contribution is -0.0515. The first kappa shape index (κ1) is 38.4. The third-order valence-electron chi connectivity index (χ3n) is 10.2. The monoisotopic (exact) mass is 797 g/mol. The summed E-state index contributed by atoms with van der Waals surface area (Å²) in [6.45, 7) is -0.544. The molecule has 1 saturated carbocycles. The van der Waals surface area contributed by atoms with E-state index in [-0.39, 0.29) is 69.1 Å². The number of carbonyl (C=O) groups excluding carboxylic acids is 2. The number of carbonyl (C=O) groups is 2.